The van der Waals surface area contributed by atoms with Gasteiger partial charge in [0.15, 0.2) is 4.21 Å². The Morgan fingerprint density at radius 2 is 2.15 bits per heavy atom. The van der Waals surface area contributed by atoms with E-state index in [1.54, 1.807) is 0 Å². The third kappa shape index (κ3) is 1.92. The van der Waals surface area contributed by atoms with Crippen molar-refractivity contribution in [3.05, 3.63) is 15.4 Å². The first-order chi connectivity index (χ1) is 5.97. The van der Waals surface area contributed by atoms with Crippen LogP contribution in [-0.2, 0) is 14.8 Å². The Hall–Kier alpha value is -1.24. The molecule has 0 saturated carbocycles. The predicted molar refractivity (Wildman–Crippen MR) is 45.0 cm³/mol. The van der Waals surface area contributed by atoms with E-state index in [2.05, 4.69) is 9.38 Å². The highest BCUT2D eigenvalue weighted by Gasteiger charge is 2.19. The molecular weight excluding hydrogens is 216 g/mol. The Labute approximate surface area is 77.0 Å². The summed E-state index contributed by atoms with van der Waals surface area (Å²) in [5.74, 6) is 0. The van der Waals surface area contributed by atoms with E-state index in [1.807, 2.05) is 0 Å². The molecule has 1 aromatic rings. The van der Waals surface area contributed by atoms with E-state index in [0.717, 1.165) is 6.08 Å². The fourth-order valence-electron chi connectivity index (χ4n) is 0.727. The number of sulfonamides is 1. The summed E-state index contributed by atoms with van der Waals surface area (Å²) >= 11 is 0.490. The van der Waals surface area contributed by atoms with Crippen LogP contribution in [0.2, 0.25) is 0 Å². The van der Waals surface area contributed by atoms with Gasteiger partial charge >= 0.3 is 14.9 Å². The van der Waals surface area contributed by atoms with Crippen molar-refractivity contribution < 1.29 is 13.2 Å². The van der Waals surface area contributed by atoms with Crippen LogP contribution in [0.25, 0.3) is 0 Å². The molecule has 0 aliphatic heterocycles. The largest absolute Gasteiger partial charge is 0.315 e. The second kappa shape index (κ2) is 3.25. The molecule has 0 fully saturated rings. The molecule has 0 aliphatic rings. The first-order valence-corrected chi connectivity index (χ1v) is 5.27. The summed E-state index contributed by atoms with van der Waals surface area (Å²) in [6.07, 6.45) is 0.921. The van der Waals surface area contributed by atoms with E-state index in [9.17, 15) is 18.0 Å². The summed E-state index contributed by atoms with van der Waals surface area (Å²) in [5, 5.41) is 0. The lowest BCUT2D eigenvalue weighted by molar-refractivity contribution is 0.563. The Kier molecular flexibility index (Phi) is 2.46. The normalized spacial score (nSPS) is 10.8. The molecule has 1 aromatic heterocycles. The second-order valence-corrected chi connectivity index (χ2v) is 4.87. The number of nitrogens with one attached hydrogen (secondary N) is 1. The van der Waals surface area contributed by atoms with Crippen molar-refractivity contribution in [3.8, 4) is 0 Å². The molecule has 0 atom stereocenters. The topological polar surface area (TPSA) is 96.4 Å². The zero-order valence-corrected chi connectivity index (χ0v) is 8.03. The summed E-state index contributed by atoms with van der Waals surface area (Å²) in [7, 11) is -4.03. The molecule has 1 heterocycles. The number of H-pyrrole nitrogens is 1. The highest BCUT2D eigenvalue weighted by molar-refractivity contribution is 7.92. The number of rotatable bonds is 2. The van der Waals surface area contributed by atoms with Gasteiger partial charge in [-0.25, -0.2) is 4.79 Å². The van der Waals surface area contributed by atoms with Crippen molar-refractivity contribution in [3.63, 3.8) is 0 Å². The van der Waals surface area contributed by atoms with Crippen molar-refractivity contribution >= 4 is 27.4 Å². The smallest absolute Gasteiger partial charge is 0.306 e. The first kappa shape index (κ1) is 9.85. The van der Waals surface area contributed by atoms with Crippen LogP contribution in [0.1, 0.15) is 5.69 Å². The standard InChI is InChI=1S/C5H4N2O4S2/c1-3-4(12-5(9)7-3)13(10,11)6-2-8/h1H3,(H,7,9). The van der Waals surface area contributed by atoms with Crippen LogP contribution in [-0.4, -0.2) is 19.5 Å². The van der Waals surface area contributed by atoms with E-state index in [1.165, 1.54) is 6.92 Å². The first-order valence-electron chi connectivity index (χ1n) is 3.01. The lowest BCUT2D eigenvalue weighted by atomic mass is 10.6. The van der Waals surface area contributed by atoms with Gasteiger partial charge in [-0.05, 0) is 6.92 Å². The quantitative estimate of drug-likeness (QED) is 0.550. The Morgan fingerprint density at radius 3 is 2.54 bits per heavy atom. The summed E-state index contributed by atoms with van der Waals surface area (Å²) in [5.41, 5.74) is 0.175. The minimum Gasteiger partial charge on any atom is -0.315 e. The Morgan fingerprint density at radius 1 is 1.54 bits per heavy atom. The number of thiazole rings is 1. The minimum absolute atomic E-state index is 0.175. The molecule has 1 N–H and O–H groups in total. The number of aryl methyl sites for hydroxylation is 1. The van der Waals surface area contributed by atoms with Gasteiger partial charge in [-0.3, -0.25) is 4.79 Å². The van der Waals surface area contributed by atoms with E-state index < -0.39 is 14.9 Å². The lowest BCUT2D eigenvalue weighted by Gasteiger charge is -1.90. The van der Waals surface area contributed by atoms with Crippen LogP contribution in [0.15, 0.2) is 13.4 Å². The van der Waals surface area contributed by atoms with Gasteiger partial charge < -0.3 is 4.98 Å². The van der Waals surface area contributed by atoms with Gasteiger partial charge in [0, 0.05) is 5.69 Å². The van der Waals surface area contributed by atoms with Crippen LogP contribution in [0.5, 0.6) is 0 Å². The molecule has 0 unspecified atom stereocenters. The molecule has 0 aromatic carbocycles. The fraction of sp³-hybridized carbons (Fsp3) is 0.200. The number of hydrogen-bond acceptors (Lipinski definition) is 5. The van der Waals surface area contributed by atoms with Crippen molar-refractivity contribution in [2.45, 2.75) is 11.1 Å². The van der Waals surface area contributed by atoms with Crippen LogP contribution in [0.3, 0.4) is 0 Å². The molecule has 8 heteroatoms. The van der Waals surface area contributed by atoms with Gasteiger partial charge in [-0.1, -0.05) is 15.7 Å². The van der Waals surface area contributed by atoms with Gasteiger partial charge in [0.05, 0.1) is 0 Å². The molecular formula is C5H4N2O4S2. The van der Waals surface area contributed by atoms with Crippen LogP contribution in [0, 0.1) is 6.92 Å². The number of carbonyl (C=O) groups excluding carboxylic acids is 1. The SMILES string of the molecule is Cc1[nH]c(=O)sc1S(=O)(=O)N=C=O. The maximum atomic E-state index is 11.1. The van der Waals surface area contributed by atoms with Gasteiger partial charge in [0.25, 0.3) is 6.08 Å². The van der Waals surface area contributed by atoms with Gasteiger partial charge in [-0.15, -0.1) is 0 Å². The number of isocyanates is 1. The van der Waals surface area contributed by atoms with Gasteiger partial charge in [0.2, 0.25) is 0 Å². The van der Waals surface area contributed by atoms with Crippen molar-refractivity contribution in [2.75, 3.05) is 0 Å². The predicted octanol–water partition coefficient (Wildman–Crippen LogP) is -0.231. The Balaban J connectivity index is 3.47. The van der Waals surface area contributed by atoms with Gasteiger partial charge in [0.1, 0.15) is 0 Å². The average Bonchev–Trinajstić information content (AvgIpc) is 2.30. The number of hydrogen-bond donors (Lipinski definition) is 1. The third-order valence-corrected chi connectivity index (χ3v) is 3.92. The van der Waals surface area contributed by atoms with E-state index >= 15 is 0 Å². The highest BCUT2D eigenvalue weighted by atomic mass is 32.2. The zero-order valence-electron chi connectivity index (χ0n) is 6.40. The molecule has 1 rings (SSSR count). The molecule has 0 bridgehead atoms. The summed E-state index contributed by atoms with van der Waals surface area (Å²) in [4.78, 5) is 22.2. The number of aromatic nitrogens is 1. The maximum absolute atomic E-state index is 11.1. The molecule has 0 radical (unpaired) electrons. The van der Waals surface area contributed by atoms with Crippen LogP contribution in [0.4, 0.5) is 0 Å². The van der Waals surface area contributed by atoms with Crippen LogP contribution < -0.4 is 4.87 Å². The number of aromatic amines is 1. The molecule has 0 spiro atoms. The van der Waals surface area contributed by atoms with Crippen molar-refractivity contribution in [2.24, 2.45) is 4.40 Å². The molecule has 70 valence electrons. The molecule has 13 heavy (non-hydrogen) atoms. The van der Waals surface area contributed by atoms with E-state index in [0.29, 0.717) is 11.3 Å². The minimum atomic E-state index is -4.03. The summed E-state index contributed by atoms with van der Waals surface area (Å²) in [6, 6.07) is 0. The fourth-order valence-corrected chi connectivity index (χ4v) is 2.68. The Bertz CT molecular complexity index is 517. The summed E-state index contributed by atoms with van der Waals surface area (Å²) in [6.45, 7) is 1.41. The lowest BCUT2D eigenvalue weighted by Crippen LogP contribution is -1.95. The third-order valence-electron chi connectivity index (χ3n) is 1.17. The average molecular weight is 220 g/mol. The maximum Gasteiger partial charge on any atom is 0.306 e. The second-order valence-electron chi connectivity index (χ2n) is 2.08. The highest BCUT2D eigenvalue weighted by Crippen LogP contribution is 2.17. The zero-order chi connectivity index (χ0) is 10.1. The van der Waals surface area contributed by atoms with Gasteiger partial charge in [-0.2, -0.15) is 8.42 Å². The van der Waals surface area contributed by atoms with Crippen molar-refractivity contribution in [1.82, 2.24) is 4.98 Å². The molecule has 6 nitrogen and oxygen atoms in total. The monoisotopic (exact) mass is 220 g/mol. The number of nitrogens with zero attached hydrogens (tertiary/aromatic N) is 1. The van der Waals surface area contributed by atoms with E-state index in [-0.39, 0.29) is 9.90 Å². The molecule has 0 saturated heterocycles. The van der Waals surface area contributed by atoms with Crippen LogP contribution >= 0.6 is 11.3 Å². The molecule has 0 amide bonds. The summed E-state index contributed by atoms with van der Waals surface area (Å²) < 4.78 is 24.5. The van der Waals surface area contributed by atoms with E-state index in [4.69, 9.17) is 0 Å². The van der Waals surface area contributed by atoms with Crippen molar-refractivity contribution in [1.29, 1.82) is 0 Å². The molecule has 0 aliphatic carbocycles.